The molecule has 1 aliphatic carbocycles. The standard InChI is InChI=1S/C27H29Cl2N7O.C2HF3O2/c1-15-11-17(6-9-23(15)35-10-4-5-24(35)27(37)31-3)22-14-32-25-21(13-30)34-36(26(25)33-22)16(2)19-8-7-18(28)12-20(19)29;3-2(4,5)1(6)7/h6-8,12,14-16,23-24H,4-5,9-11H2,1-3H3,(H,31,37);(H,6,7)/t15-,16-,23+,24+;/m1./s1. The van der Waals surface area contributed by atoms with Gasteiger partial charge in [0.05, 0.1) is 24.0 Å². The van der Waals surface area contributed by atoms with Gasteiger partial charge in [0.1, 0.15) is 11.6 Å². The molecule has 1 aromatic carbocycles. The van der Waals surface area contributed by atoms with E-state index in [1.807, 2.05) is 13.0 Å². The Labute approximate surface area is 261 Å². The number of nitrogens with zero attached hydrogens (tertiary/aromatic N) is 6. The number of aromatic nitrogens is 4. The number of fused-ring (bicyclic) bond motifs is 1. The number of allylic oxidation sites excluding steroid dienone is 1. The van der Waals surface area contributed by atoms with Gasteiger partial charge in [0.2, 0.25) is 5.91 Å². The highest BCUT2D eigenvalue weighted by Crippen LogP contribution is 2.37. The number of carbonyl (C=O) groups excluding carboxylic acids is 1. The summed E-state index contributed by atoms with van der Waals surface area (Å²) in [6.07, 6.45) is 2.51. The summed E-state index contributed by atoms with van der Waals surface area (Å²) >= 11 is 12.6. The molecule has 2 aliphatic rings. The van der Waals surface area contributed by atoms with Gasteiger partial charge in [0.25, 0.3) is 0 Å². The van der Waals surface area contributed by atoms with Crippen molar-refractivity contribution in [2.75, 3.05) is 13.6 Å². The number of hydrogen-bond acceptors (Lipinski definition) is 7. The zero-order valence-corrected chi connectivity index (χ0v) is 25.6. The normalized spacial score (nSPS) is 21.2. The van der Waals surface area contributed by atoms with E-state index in [9.17, 15) is 23.2 Å². The monoisotopic (exact) mass is 651 g/mol. The van der Waals surface area contributed by atoms with Crippen LogP contribution in [0.1, 0.15) is 62.5 Å². The Balaban J connectivity index is 0.000000566. The molecular formula is C29H30Cl2F3N7O3. The summed E-state index contributed by atoms with van der Waals surface area (Å²) in [6.45, 7) is 5.15. The van der Waals surface area contributed by atoms with Crippen molar-refractivity contribution < 1.29 is 27.9 Å². The molecule has 1 amide bonds. The van der Waals surface area contributed by atoms with E-state index in [1.54, 1.807) is 30.1 Å². The summed E-state index contributed by atoms with van der Waals surface area (Å²) < 4.78 is 33.5. The summed E-state index contributed by atoms with van der Waals surface area (Å²) in [5.41, 5.74) is 3.97. The van der Waals surface area contributed by atoms with Crippen LogP contribution in [-0.2, 0) is 9.59 Å². The van der Waals surface area contributed by atoms with Crippen LogP contribution in [0.15, 0.2) is 30.5 Å². The second-order valence-corrected chi connectivity index (χ2v) is 11.5. The van der Waals surface area contributed by atoms with Crippen LogP contribution >= 0.6 is 23.2 Å². The number of nitriles is 1. The third kappa shape index (κ3) is 6.98. The van der Waals surface area contributed by atoms with Crippen molar-refractivity contribution >= 4 is 51.8 Å². The van der Waals surface area contributed by atoms with Crippen LogP contribution in [0.4, 0.5) is 13.2 Å². The molecule has 0 radical (unpaired) electrons. The third-order valence-electron chi connectivity index (χ3n) is 7.93. The van der Waals surface area contributed by atoms with E-state index in [0.717, 1.165) is 49.1 Å². The van der Waals surface area contributed by atoms with Gasteiger partial charge >= 0.3 is 12.1 Å². The van der Waals surface area contributed by atoms with Crippen LogP contribution in [0.5, 0.6) is 0 Å². The van der Waals surface area contributed by atoms with E-state index in [-0.39, 0.29) is 23.7 Å². The number of halogens is 5. The van der Waals surface area contributed by atoms with Gasteiger partial charge in [-0.15, -0.1) is 0 Å². The number of amides is 1. The smallest absolute Gasteiger partial charge is 0.475 e. The number of carboxylic acids is 1. The van der Waals surface area contributed by atoms with Crippen LogP contribution in [0, 0.1) is 17.2 Å². The van der Waals surface area contributed by atoms with E-state index in [2.05, 4.69) is 39.4 Å². The fraction of sp³-hybridized carbons (Fsp3) is 0.448. The molecule has 0 bridgehead atoms. The second kappa shape index (κ2) is 13.5. The summed E-state index contributed by atoms with van der Waals surface area (Å²) in [5, 5.41) is 25.2. The molecular weight excluding hydrogens is 622 g/mol. The third-order valence-corrected chi connectivity index (χ3v) is 8.50. The van der Waals surface area contributed by atoms with Crippen molar-refractivity contribution in [2.24, 2.45) is 5.92 Å². The maximum Gasteiger partial charge on any atom is 0.490 e. The lowest BCUT2D eigenvalue weighted by molar-refractivity contribution is -0.192. The quantitative estimate of drug-likeness (QED) is 0.362. The number of alkyl halides is 3. The van der Waals surface area contributed by atoms with E-state index in [4.69, 9.17) is 38.1 Å². The summed E-state index contributed by atoms with van der Waals surface area (Å²) in [4.78, 5) is 33.2. The van der Waals surface area contributed by atoms with E-state index in [0.29, 0.717) is 33.2 Å². The first-order valence-electron chi connectivity index (χ1n) is 13.8. The van der Waals surface area contributed by atoms with Crippen LogP contribution in [-0.4, -0.2) is 73.5 Å². The Kier molecular flexibility index (Phi) is 10.2. The largest absolute Gasteiger partial charge is 0.490 e. The predicted molar refractivity (Wildman–Crippen MR) is 158 cm³/mol. The molecule has 234 valence electrons. The number of likely N-dealkylation sites (N-methyl/N-ethyl adjacent to an activating group) is 1. The number of hydrogen-bond donors (Lipinski definition) is 2. The van der Waals surface area contributed by atoms with Crippen molar-refractivity contribution in [1.29, 1.82) is 5.26 Å². The fourth-order valence-corrected chi connectivity index (χ4v) is 6.31. The van der Waals surface area contributed by atoms with Crippen LogP contribution in [0.2, 0.25) is 10.0 Å². The Hall–Kier alpha value is -3.73. The molecule has 0 unspecified atom stereocenters. The van der Waals surface area contributed by atoms with Gasteiger partial charge in [-0.2, -0.15) is 23.5 Å². The summed E-state index contributed by atoms with van der Waals surface area (Å²) in [7, 11) is 1.71. The fourth-order valence-electron chi connectivity index (χ4n) is 5.75. The van der Waals surface area contributed by atoms with Gasteiger partial charge in [-0.25, -0.2) is 19.4 Å². The van der Waals surface area contributed by atoms with Gasteiger partial charge in [-0.1, -0.05) is 42.3 Å². The first kappa shape index (κ1) is 33.2. The zero-order valence-electron chi connectivity index (χ0n) is 24.1. The number of carbonyl (C=O) groups is 2. The number of likely N-dealkylation sites (tertiary alicyclic amines) is 1. The second-order valence-electron chi connectivity index (χ2n) is 10.7. The van der Waals surface area contributed by atoms with E-state index < -0.39 is 12.1 Å². The minimum absolute atomic E-state index is 0.0523. The minimum atomic E-state index is -5.08. The van der Waals surface area contributed by atoms with Crippen LogP contribution in [0.25, 0.3) is 16.7 Å². The Morgan fingerprint density at radius 1 is 1.27 bits per heavy atom. The minimum Gasteiger partial charge on any atom is -0.475 e. The first-order valence-corrected chi connectivity index (χ1v) is 14.6. The van der Waals surface area contributed by atoms with Crippen molar-refractivity contribution in [2.45, 2.75) is 63.8 Å². The van der Waals surface area contributed by atoms with Gasteiger partial charge in [-0.3, -0.25) is 9.69 Å². The number of rotatable bonds is 5. The van der Waals surface area contributed by atoms with E-state index >= 15 is 0 Å². The number of carboxylic acid groups (broad SMARTS) is 1. The Morgan fingerprint density at radius 2 is 1.98 bits per heavy atom. The summed E-state index contributed by atoms with van der Waals surface area (Å²) in [5.74, 6) is -2.30. The SMILES string of the molecule is CNC(=O)[C@@H]1CCCN1[C@H]1CC=C(c2cnc3c(C#N)nn([C@H](C)c4ccc(Cl)cc4Cl)c3n2)C[C@H]1C.O=C(O)C(F)(F)F. The molecule has 1 aliphatic heterocycles. The lowest BCUT2D eigenvalue weighted by Crippen LogP contribution is -2.49. The number of benzene rings is 1. The topological polar surface area (TPSA) is 137 Å². The zero-order chi connectivity index (χ0) is 32.3. The molecule has 1 saturated heterocycles. The van der Waals surface area contributed by atoms with Crippen molar-refractivity contribution in [3.63, 3.8) is 0 Å². The molecule has 0 spiro atoms. The molecule has 3 aromatic rings. The highest BCUT2D eigenvalue weighted by atomic mass is 35.5. The van der Waals surface area contributed by atoms with Gasteiger partial charge in [0.15, 0.2) is 11.3 Å². The molecule has 0 saturated carbocycles. The van der Waals surface area contributed by atoms with Crippen LogP contribution < -0.4 is 5.32 Å². The molecule has 3 heterocycles. The van der Waals surface area contributed by atoms with Gasteiger partial charge in [-0.05, 0) is 68.3 Å². The van der Waals surface area contributed by atoms with Crippen molar-refractivity contribution in [3.8, 4) is 6.07 Å². The van der Waals surface area contributed by atoms with Crippen molar-refractivity contribution in [1.82, 2.24) is 30.0 Å². The maximum atomic E-state index is 12.4. The molecule has 2 N–H and O–H groups in total. The number of aliphatic carboxylic acids is 1. The molecule has 5 rings (SSSR count). The molecule has 10 nitrogen and oxygen atoms in total. The Bertz CT molecular complexity index is 1640. The Morgan fingerprint density at radius 3 is 2.57 bits per heavy atom. The highest BCUT2D eigenvalue weighted by molar-refractivity contribution is 6.35. The molecule has 2 aromatic heterocycles. The first-order chi connectivity index (χ1) is 20.8. The lowest BCUT2D eigenvalue weighted by atomic mass is 9.83. The lowest BCUT2D eigenvalue weighted by Gasteiger charge is -2.38. The van der Waals surface area contributed by atoms with Gasteiger partial charge in [0, 0.05) is 23.1 Å². The maximum absolute atomic E-state index is 12.4. The van der Waals surface area contributed by atoms with Crippen LogP contribution in [0.3, 0.4) is 0 Å². The molecule has 44 heavy (non-hydrogen) atoms. The molecule has 1 fully saturated rings. The predicted octanol–water partition coefficient (Wildman–Crippen LogP) is 5.64. The number of nitrogens with one attached hydrogen (secondary N) is 1. The average molecular weight is 653 g/mol. The summed E-state index contributed by atoms with van der Waals surface area (Å²) in [6, 6.07) is 7.47. The highest BCUT2D eigenvalue weighted by Gasteiger charge is 2.39. The van der Waals surface area contributed by atoms with E-state index in [1.165, 1.54) is 0 Å². The van der Waals surface area contributed by atoms with Gasteiger partial charge < -0.3 is 10.4 Å². The van der Waals surface area contributed by atoms with Crippen molar-refractivity contribution in [3.05, 3.63) is 57.5 Å². The average Bonchev–Trinajstić information content (AvgIpc) is 3.61. The molecule has 15 heteroatoms. The molecule has 4 atom stereocenters.